The number of hydrogen-bond donors (Lipinski definition) is 1. The molecule has 0 amide bonds. The van der Waals surface area contributed by atoms with Gasteiger partial charge in [-0.2, -0.15) is 0 Å². The van der Waals surface area contributed by atoms with Gasteiger partial charge in [0.1, 0.15) is 5.75 Å². The molecule has 4 rings (SSSR count). The van der Waals surface area contributed by atoms with Crippen LogP contribution in [-0.4, -0.2) is 17.0 Å². The van der Waals surface area contributed by atoms with Gasteiger partial charge in [-0.1, -0.05) is 82.7 Å². The molecule has 0 unspecified atom stereocenters. The Balaban J connectivity index is 1.72. The second-order valence-electron chi connectivity index (χ2n) is 7.14. The van der Waals surface area contributed by atoms with Crippen molar-refractivity contribution >= 4 is 27.9 Å². The van der Waals surface area contributed by atoms with Crippen LogP contribution in [0.25, 0.3) is 0 Å². The summed E-state index contributed by atoms with van der Waals surface area (Å²) in [4.78, 5) is 25.4. The SMILES string of the molecule is O=C(O)C1[C@@H](c2ccccc2)C(C(=O)Oc2cccc(Br)c2)[C@@H]1c1ccccc1. The standard InChI is InChI=1S/C24H19BrO4/c25-17-12-7-13-18(14-17)29-24(28)22-19(15-8-3-1-4-9-15)21(23(26)27)20(22)16-10-5-2-6-11-16/h1-14,19-22H,(H,26,27)/t19-,20-,21?,22?/m1/s1. The van der Waals surface area contributed by atoms with E-state index in [1.165, 1.54) is 0 Å². The molecule has 1 N–H and O–H groups in total. The quantitative estimate of drug-likeness (QED) is 0.425. The zero-order valence-electron chi connectivity index (χ0n) is 15.4. The maximum absolute atomic E-state index is 13.2. The number of aliphatic carboxylic acids is 1. The van der Waals surface area contributed by atoms with E-state index in [-0.39, 0.29) is 0 Å². The van der Waals surface area contributed by atoms with E-state index in [0.29, 0.717) is 5.75 Å². The average molecular weight is 451 g/mol. The van der Waals surface area contributed by atoms with Crippen molar-refractivity contribution in [1.29, 1.82) is 0 Å². The number of carbonyl (C=O) groups excluding carboxylic acids is 1. The number of esters is 1. The van der Waals surface area contributed by atoms with Crippen LogP contribution < -0.4 is 4.74 Å². The number of hydrogen-bond acceptors (Lipinski definition) is 3. The van der Waals surface area contributed by atoms with Gasteiger partial charge in [0.05, 0.1) is 11.8 Å². The van der Waals surface area contributed by atoms with E-state index >= 15 is 0 Å². The second kappa shape index (κ2) is 8.21. The second-order valence-corrected chi connectivity index (χ2v) is 8.06. The van der Waals surface area contributed by atoms with E-state index in [2.05, 4.69) is 15.9 Å². The molecule has 29 heavy (non-hydrogen) atoms. The van der Waals surface area contributed by atoms with Crippen LogP contribution in [0.15, 0.2) is 89.4 Å². The Morgan fingerprint density at radius 2 is 1.31 bits per heavy atom. The summed E-state index contributed by atoms with van der Waals surface area (Å²) < 4.78 is 6.47. The van der Waals surface area contributed by atoms with Crippen molar-refractivity contribution in [1.82, 2.24) is 0 Å². The highest BCUT2D eigenvalue weighted by Gasteiger charge is 2.59. The van der Waals surface area contributed by atoms with Crippen LogP contribution in [0.5, 0.6) is 5.75 Å². The van der Waals surface area contributed by atoms with Gasteiger partial charge in [0, 0.05) is 16.3 Å². The predicted molar refractivity (Wildman–Crippen MR) is 113 cm³/mol. The lowest BCUT2D eigenvalue weighted by Crippen LogP contribution is -2.52. The monoisotopic (exact) mass is 450 g/mol. The molecule has 1 aliphatic carbocycles. The summed E-state index contributed by atoms with van der Waals surface area (Å²) in [6.07, 6.45) is 0. The molecule has 5 heteroatoms. The van der Waals surface area contributed by atoms with Crippen LogP contribution in [0, 0.1) is 11.8 Å². The number of carbonyl (C=O) groups is 2. The van der Waals surface area contributed by atoms with E-state index < -0.39 is 35.6 Å². The Morgan fingerprint density at radius 3 is 1.79 bits per heavy atom. The van der Waals surface area contributed by atoms with Crippen molar-refractivity contribution in [2.75, 3.05) is 0 Å². The summed E-state index contributed by atoms with van der Waals surface area (Å²) in [5.74, 6) is -3.05. The molecule has 1 aliphatic rings. The minimum Gasteiger partial charge on any atom is -0.481 e. The molecule has 146 valence electrons. The summed E-state index contributed by atoms with van der Waals surface area (Å²) in [6, 6.07) is 25.8. The molecule has 3 aromatic rings. The van der Waals surface area contributed by atoms with Crippen molar-refractivity contribution in [3.63, 3.8) is 0 Å². The normalized spacial score (nSPS) is 23.1. The van der Waals surface area contributed by atoms with Gasteiger partial charge in [-0.05, 0) is 29.3 Å². The lowest BCUT2D eigenvalue weighted by atomic mass is 9.52. The van der Waals surface area contributed by atoms with Gasteiger partial charge in [0.15, 0.2) is 0 Å². The number of rotatable bonds is 5. The van der Waals surface area contributed by atoms with Crippen LogP contribution in [0.4, 0.5) is 0 Å². The molecule has 0 heterocycles. The molecule has 4 nitrogen and oxygen atoms in total. The minimum atomic E-state index is -0.904. The maximum atomic E-state index is 13.2. The minimum absolute atomic E-state index is 0.414. The number of halogens is 1. The first-order valence-electron chi connectivity index (χ1n) is 9.36. The molecule has 1 fully saturated rings. The van der Waals surface area contributed by atoms with Crippen LogP contribution in [0.1, 0.15) is 23.0 Å². The van der Waals surface area contributed by atoms with Gasteiger partial charge >= 0.3 is 11.9 Å². The lowest BCUT2D eigenvalue weighted by Gasteiger charge is -2.48. The van der Waals surface area contributed by atoms with Crippen LogP contribution in [-0.2, 0) is 9.59 Å². The number of carboxylic acid groups (broad SMARTS) is 1. The molecule has 0 radical (unpaired) electrons. The summed E-state index contributed by atoms with van der Waals surface area (Å²) in [7, 11) is 0. The third-order valence-corrected chi connectivity index (χ3v) is 5.98. The summed E-state index contributed by atoms with van der Waals surface area (Å²) in [5, 5.41) is 9.96. The third kappa shape index (κ3) is 3.83. The molecule has 0 saturated heterocycles. The van der Waals surface area contributed by atoms with Crippen molar-refractivity contribution in [2.24, 2.45) is 11.8 Å². The Hall–Kier alpha value is -2.92. The molecule has 0 bridgehead atoms. The Labute approximate surface area is 177 Å². The smallest absolute Gasteiger partial charge is 0.315 e. The summed E-state index contributed by atoms with van der Waals surface area (Å²) in [6.45, 7) is 0. The predicted octanol–water partition coefficient (Wildman–Crippen LogP) is 5.25. The molecule has 0 aromatic heterocycles. The van der Waals surface area contributed by atoms with E-state index in [9.17, 15) is 14.7 Å². The first kappa shape index (κ1) is 19.4. The molecule has 0 spiro atoms. The highest BCUT2D eigenvalue weighted by Crippen LogP contribution is 2.58. The van der Waals surface area contributed by atoms with E-state index in [1.807, 2.05) is 66.7 Å². The lowest BCUT2D eigenvalue weighted by molar-refractivity contribution is -0.158. The highest BCUT2D eigenvalue weighted by atomic mass is 79.9. The zero-order chi connectivity index (χ0) is 20.4. The number of carboxylic acids is 1. The molecule has 2 atom stereocenters. The van der Waals surface area contributed by atoms with Crippen LogP contribution >= 0.6 is 15.9 Å². The zero-order valence-corrected chi connectivity index (χ0v) is 17.0. The van der Waals surface area contributed by atoms with Gasteiger partial charge in [-0.25, -0.2) is 0 Å². The molecule has 0 aliphatic heterocycles. The van der Waals surface area contributed by atoms with Crippen LogP contribution in [0.3, 0.4) is 0 Å². The fraction of sp³-hybridized carbons (Fsp3) is 0.167. The Bertz CT molecular complexity index is 972. The van der Waals surface area contributed by atoms with Gasteiger partial charge < -0.3 is 9.84 Å². The molecular weight excluding hydrogens is 432 g/mol. The van der Waals surface area contributed by atoms with E-state index in [0.717, 1.165) is 15.6 Å². The van der Waals surface area contributed by atoms with Gasteiger partial charge in [0.25, 0.3) is 0 Å². The Morgan fingerprint density at radius 1 is 0.759 bits per heavy atom. The first-order valence-corrected chi connectivity index (χ1v) is 10.2. The van der Waals surface area contributed by atoms with E-state index in [1.54, 1.807) is 18.2 Å². The summed E-state index contributed by atoms with van der Waals surface area (Å²) >= 11 is 3.38. The van der Waals surface area contributed by atoms with Crippen molar-refractivity contribution in [3.8, 4) is 5.75 Å². The van der Waals surface area contributed by atoms with Crippen LogP contribution in [0.2, 0.25) is 0 Å². The molecule has 3 aromatic carbocycles. The van der Waals surface area contributed by atoms with Gasteiger partial charge in [0.2, 0.25) is 0 Å². The van der Waals surface area contributed by atoms with Gasteiger partial charge in [-0.15, -0.1) is 0 Å². The fourth-order valence-corrected chi connectivity index (χ4v) is 4.62. The van der Waals surface area contributed by atoms with Crippen molar-refractivity contribution in [3.05, 3.63) is 101 Å². The third-order valence-electron chi connectivity index (χ3n) is 5.49. The van der Waals surface area contributed by atoms with E-state index in [4.69, 9.17) is 4.74 Å². The Kier molecular flexibility index (Phi) is 5.49. The van der Waals surface area contributed by atoms with Crippen molar-refractivity contribution in [2.45, 2.75) is 11.8 Å². The summed E-state index contributed by atoms with van der Waals surface area (Å²) in [5.41, 5.74) is 1.67. The number of ether oxygens (including phenoxy) is 1. The molecular formula is C24H19BrO4. The maximum Gasteiger partial charge on any atom is 0.315 e. The molecule has 1 saturated carbocycles. The fourth-order valence-electron chi connectivity index (χ4n) is 4.24. The topological polar surface area (TPSA) is 63.6 Å². The largest absolute Gasteiger partial charge is 0.481 e. The number of benzene rings is 3. The average Bonchev–Trinajstić information content (AvgIpc) is 2.68. The van der Waals surface area contributed by atoms with Crippen molar-refractivity contribution < 1.29 is 19.4 Å². The highest BCUT2D eigenvalue weighted by molar-refractivity contribution is 9.10. The van der Waals surface area contributed by atoms with Gasteiger partial charge in [-0.3, -0.25) is 9.59 Å². The first-order chi connectivity index (χ1) is 14.1.